The largest absolute Gasteiger partial charge is 0.478 e. The number of hydrogen-bond acceptors (Lipinski definition) is 6. The predicted octanol–water partition coefficient (Wildman–Crippen LogP) is 2.59. The van der Waals surface area contributed by atoms with Gasteiger partial charge in [0.15, 0.2) is 5.13 Å². The van der Waals surface area contributed by atoms with Gasteiger partial charge >= 0.3 is 11.9 Å². The van der Waals surface area contributed by atoms with Crippen LogP contribution < -0.4 is 5.73 Å². The highest BCUT2D eigenvalue weighted by atomic mass is 35.5. The van der Waals surface area contributed by atoms with E-state index in [4.69, 9.17) is 27.5 Å². The van der Waals surface area contributed by atoms with Crippen molar-refractivity contribution in [1.82, 2.24) is 9.88 Å². The minimum Gasteiger partial charge on any atom is -0.478 e. The summed E-state index contributed by atoms with van der Waals surface area (Å²) in [5, 5.41) is 16.2. The maximum absolute atomic E-state index is 9.55. The minimum absolute atomic E-state index is 0.544. The van der Waals surface area contributed by atoms with E-state index in [0.29, 0.717) is 27.7 Å². The summed E-state index contributed by atoms with van der Waals surface area (Å²) in [7, 11) is 0. The Hall–Kier alpha value is -1.90. The molecular weight excluding hydrogens is 354 g/mol. The predicted molar refractivity (Wildman–Crippen MR) is 95.3 cm³/mol. The van der Waals surface area contributed by atoms with Gasteiger partial charge in [0.25, 0.3) is 0 Å². The molecule has 1 aromatic heterocycles. The molecule has 4 N–H and O–H groups in total. The Bertz CT molecular complexity index is 639. The van der Waals surface area contributed by atoms with Gasteiger partial charge in [-0.25, -0.2) is 14.6 Å². The van der Waals surface area contributed by atoms with Crippen LogP contribution in [0.1, 0.15) is 26.0 Å². The summed E-state index contributed by atoms with van der Waals surface area (Å²) >= 11 is 7.47. The highest BCUT2D eigenvalue weighted by Crippen LogP contribution is 2.32. The Morgan fingerprint density at radius 3 is 2.38 bits per heavy atom. The number of carboxylic acids is 2. The quantitative estimate of drug-likeness (QED) is 0.694. The molecule has 0 fully saturated rings. The maximum atomic E-state index is 9.55. The number of thiazole rings is 1. The molecule has 0 unspecified atom stereocenters. The van der Waals surface area contributed by atoms with Crippen LogP contribution in [0, 0.1) is 0 Å². The van der Waals surface area contributed by atoms with Crippen LogP contribution in [0.15, 0.2) is 18.2 Å². The maximum Gasteiger partial charge on any atom is 0.328 e. The SMILES string of the molecule is CC(C)N1CCC=C(c2nc(N)sc2Cl)C1.O=C(O)C=CC(=O)O. The zero-order chi connectivity index (χ0) is 18.3. The Labute approximate surface area is 149 Å². The van der Waals surface area contributed by atoms with E-state index in [2.05, 4.69) is 29.8 Å². The smallest absolute Gasteiger partial charge is 0.328 e. The molecule has 7 nitrogen and oxygen atoms in total. The van der Waals surface area contributed by atoms with Crippen molar-refractivity contribution in [3.8, 4) is 0 Å². The molecule has 0 aliphatic carbocycles. The van der Waals surface area contributed by atoms with Crippen molar-refractivity contribution < 1.29 is 19.8 Å². The number of nitrogen functional groups attached to an aromatic ring is 1. The van der Waals surface area contributed by atoms with Crippen molar-refractivity contribution in [1.29, 1.82) is 0 Å². The molecule has 0 aromatic carbocycles. The van der Waals surface area contributed by atoms with Crippen LogP contribution in [0.3, 0.4) is 0 Å². The van der Waals surface area contributed by atoms with Gasteiger partial charge in [0, 0.05) is 31.3 Å². The summed E-state index contributed by atoms with van der Waals surface area (Å²) in [5.74, 6) is -2.51. The zero-order valence-electron chi connectivity index (χ0n) is 13.4. The number of anilines is 1. The Morgan fingerprint density at radius 1 is 1.38 bits per heavy atom. The Kier molecular flexibility index (Phi) is 7.90. The number of rotatable bonds is 4. The third-order valence-electron chi connectivity index (χ3n) is 3.19. The van der Waals surface area contributed by atoms with Gasteiger partial charge in [-0.15, -0.1) is 0 Å². The van der Waals surface area contributed by atoms with Crippen molar-refractivity contribution in [3.05, 3.63) is 28.3 Å². The van der Waals surface area contributed by atoms with E-state index >= 15 is 0 Å². The fourth-order valence-electron chi connectivity index (χ4n) is 2.04. The van der Waals surface area contributed by atoms with E-state index in [1.54, 1.807) is 0 Å². The summed E-state index contributed by atoms with van der Waals surface area (Å²) in [5.41, 5.74) is 7.74. The molecule has 2 rings (SSSR count). The summed E-state index contributed by atoms with van der Waals surface area (Å²) in [6.45, 7) is 6.44. The minimum atomic E-state index is -1.26. The molecule has 0 saturated carbocycles. The van der Waals surface area contributed by atoms with Crippen LogP contribution in [0.25, 0.3) is 5.57 Å². The molecule has 24 heavy (non-hydrogen) atoms. The number of halogens is 1. The van der Waals surface area contributed by atoms with Crippen LogP contribution in [0.2, 0.25) is 4.34 Å². The Balaban J connectivity index is 0.000000307. The number of hydrogen-bond donors (Lipinski definition) is 3. The average Bonchev–Trinajstić information content (AvgIpc) is 2.84. The van der Waals surface area contributed by atoms with Gasteiger partial charge in [-0.2, -0.15) is 0 Å². The van der Waals surface area contributed by atoms with Crippen LogP contribution in [0.4, 0.5) is 5.13 Å². The van der Waals surface area contributed by atoms with E-state index in [1.807, 2.05) is 0 Å². The molecule has 9 heteroatoms. The number of nitrogens with zero attached hydrogens (tertiary/aromatic N) is 2. The molecule has 2 heterocycles. The topological polar surface area (TPSA) is 117 Å². The zero-order valence-corrected chi connectivity index (χ0v) is 15.0. The Morgan fingerprint density at radius 2 is 1.96 bits per heavy atom. The van der Waals surface area contributed by atoms with E-state index in [-0.39, 0.29) is 0 Å². The number of carbonyl (C=O) groups is 2. The summed E-state index contributed by atoms with van der Waals surface area (Å²) < 4.78 is 0.703. The first kappa shape index (κ1) is 20.1. The number of aromatic nitrogens is 1. The first-order valence-electron chi connectivity index (χ1n) is 7.20. The van der Waals surface area contributed by atoms with Gasteiger partial charge in [0.2, 0.25) is 0 Å². The van der Waals surface area contributed by atoms with Gasteiger partial charge in [-0.3, -0.25) is 4.90 Å². The third kappa shape index (κ3) is 6.69. The van der Waals surface area contributed by atoms with E-state index in [1.165, 1.54) is 16.9 Å². The van der Waals surface area contributed by atoms with Gasteiger partial charge in [0.05, 0.1) is 5.69 Å². The van der Waals surface area contributed by atoms with Crippen LogP contribution in [0.5, 0.6) is 0 Å². The fraction of sp³-hybridized carbons (Fsp3) is 0.400. The molecule has 1 aliphatic rings. The van der Waals surface area contributed by atoms with Crippen LogP contribution in [-0.4, -0.2) is 51.2 Å². The molecule has 0 amide bonds. The van der Waals surface area contributed by atoms with Gasteiger partial charge in [-0.05, 0) is 25.8 Å². The normalized spacial score (nSPS) is 15.1. The molecular formula is C15H20ClN3O4S. The standard InChI is InChI=1S/C11H16ClN3S.C4H4O4/c1-7(2)15-5-3-4-8(6-15)9-10(12)16-11(13)14-9;5-3(6)1-2-4(7)8/h4,7H,3,5-6H2,1-2H3,(H2,13,14);1-2H,(H,5,6)(H,7,8). The molecule has 132 valence electrons. The van der Waals surface area contributed by atoms with Crippen molar-refractivity contribution in [2.45, 2.75) is 26.3 Å². The van der Waals surface area contributed by atoms with E-state index in [0.717, 1.165) is 25.2 Å². The molecule has 0 saturated heterocycles. The molecule has 0 spiro atoms. The van der Waals surface area contributed by atoms with Gasteiger partial charge in [-0.1, -0.05) is 29.0 Å². The lowest BCUT2D eigenvalue weighted by Gasteiger charge is -2.30. The lowest BCUT2D eigenvalue weighted by molar-refractivity contribution is -0.134. The second-order valence-electron chi connectivity index (χ2n) is 5.27. The summed E-state index contributed by atoms with van der Waals surface area (Å²) in [6, 6.07) is 0.554. The lowest BCUT2D eigenvalue weighted by Crippen LogP contribution is -2.35. The summed E-state index contributed by atoms with van der Waals surface area (Å²) in [6.07, 6.45) is 4.39. The van der Waals surface area contributed by atoms with E-state index in [9.17, 15) is 9.59 Å². The van der Waals surface area contributed by atoms with E-state index < -0.39 is 11.9 Å². The third-order valence-corrected chi connectivity index (χ3v) is 4.27. The number of carboxylic acid groups (broad SMARTS) is 2. The first-order chi connectivity index (χ1) is 11.2. The van der Waals surface area contributed by atoms with Crippen molar-refractivity contribution in [2.75, 3.05) is 18.8 Å². The molecule has 0 atom stereocenters. The van der Waals surface area contributed by atoms with Crippen molar-refractivity contribution in [3.63, 3.8) is 0 Å². The van der Waals surface area contributed by atoms with Gasteiger partial charge in [0.1, 0.15) is 4.34 Å². The fourth-order valence-corrected chi connectivity index (χ4v) is 3.03. The molecule has 1 aromatic rings. The second-order valence-corrected chi connectivity index (χ2v) is 6.90. The van der Waals surface area contributed by atoms with Crippen molar-refractivity contribution in [2.24, 2.45) is 0 Å². The molecule has 1 aliphatic heterocycles. The lowest BCUT2D eigenvalue weighted by atomic mass is 10.1. The molecule has 0 bridgehead atoms. The number of nitrogens with two attached hydrogens (primary N) is 1. The number of aliphatic carboxylic acids is 2. The highest BCUT2D eigenvalue weighted by molar-refractivity contribution is 7.19. The monoisotopic (exact) mass is 373 g/mol. The molecule has 0 radical (unpaired) electrons. The van der Waals surface area contributed by atoms with Crippen LogP contribution >= 0.6 is 22.9 Å². The summed E-state index contributed by atoms with van der Waals surface area (Å²) in [4.78, 5) is 25.8. The second kappa shape index (κ2) is 9.41. The average molecular weight is 374 g/mol. The highest BCUT2D eigenvalue weighted by Gasteiger charge is 2.20. The van der Waals surface area contributed by atoms with Gasteiger partial charge < -0.3 is 15.9 Å². The van der Waals surface area contributed by atoms with Crippen molar-refractivity contribution >= 4 is 45.6 Å². The first-order valence-corrected chi connectivity index (χ1v) is 8.39. The van der Waals surface area contributed by atoms with Crippen LogP contribution in [-0.2, 0) is 9.59 Å².